The van der Waals surface area contributed by atoms with Crippen molar-refractivity contribution in [2.24, 2.45) is 5.92 Å². The minimum Gasteiger partial charge on any atom is -0.378 e. The lowest BCUT2D eigenvalue weighted by molar-refractivity contribution is -0.114. The van der Waals surface area contributed by atoms with Crippen LogP contribution in [0, 0.1) is 5.92 Å². The van der Waals surface area contributed by atoms with Gasteiger partial charge in [-0.1, -0.05) is 35.9 Å². The van der Waals surface area contributed by atoms with Crippen LogP contribution >= 0.6 is 11.6 Å². The number of amides is 1. The predicted octanol–water partition coefficient (Wildman–Crippen LogP) is 5.12. The third kappa shape index (κ3) is 2.69. The molecule has 0 radical (unpaired) electrons. The Kier molecular flexibility index (Phi) is 3.81. The van der Waals surface area contributed by atoms with E-state index in [1.807, 2.05) is 18.2 Å². The van der Waals surface area contributed by atoms with Crippen LogP contribution in [0.25, 0.3) is 0 Å². The van der Waals surface area contributed by atoms with Crippen molar-refractivity contribution in [3.63, 3.8) is 0 Å². The summed E-state index contributed by atoms with van der Waals surface area (Å²) in [5.41, 5.74) is 4.50. The fourth-order valence-corrected chi connectivity index (χ4v) is 4.00. The van der Waals surface area contributed by atoms with Gasteiger partial charge in [-0.25, -0.2) is 0 Å². The van der Waals surface area contributed by atoms with Crippen LogP contribution in [0.2, 0.25) is 5.02 Å². The fourth-order valence-electron chi connectivity index (χ4n) is 3.88. The monoisotopic (exact) mass is 338 g/mol. The largest absolute Gasteiger partial charge is 0.378 e. The molecule has 3 nitrogen and oxygen atoms in total. The van der Waals surface area contributed by atoms with Gasteiger partial charge >= 0.3 is 0 Å². The third-order valence-electron chi connectivity index (χ3n) is 4.91. The van der Waals surface area contributed by atoms with Crippen LogP contribution in [0.4, 0.5) is 11.4 Å². The summed E-state index contributed by atoms with van der Waals surface area (Å²) in [6, 6.07) is 14.5. The number of hydrogen-bond acceptors (Lipinski definition) is 2. The molecule has 122 valence electrons. The minimum atomic E-state index is -0.0451. The van der Waals surface area contributed by atoms with E-state index in [0.717, 1.165) is 22.8 Å². The number of hydrogen-bond donors (Lipinski definition) is 2. The van der Waals surface area contributed by atoms with Crippen LogP contribution in [0.3, 0.4) is 0 Å². The van der Waals surface area contributed by atoms with E-state index in [1.165, 1.54) is 18.1 Å². The summed E-state index contributed by atoms with van der Waals surface area (Å²) in [4.78, 5) is 11.3. The average molecular weight is 339 g/mol. The molecule has 2 aromatic carbocycles. The Hall–Kier alpha value is -2.26. The summed E-state index contributed by atoms with van der Waals surface area (Å²) >= 11 is 6.03. The predicted molar refractivity (Wildman–Crippen MR) is 98.5 cm³/mol. The first kappa shape index (κ1) is 15.3. The van der Waals surface area contributed by atoms with Gasteiger partial charge in [-0.2, -0.15) is 0 Å². The van der Waals surface area contributed by atoms with Gasteiger partial charge in [0.05, 0.1) is 6.04 Å². The van der Waals surface area contributed by atoms with E-state index >= 15 is 0 Å². The lowest BCUT2D eigenvalue weighted by Crippen LogP contribution is -2.29. The highest BCUT2D eigenvalue weighted by Crippen LogP contribution is 2.50. The Bertz CT molecular complexity index is 813. The maximum atomic E-state index is 11.3. The molecule has 0 saturated carbocycles. The molecule has 1 amide bonds. The van der Waals surface area contributed by atoms with E-state index in [9.17, 15) is 4.79 Å². The second-order valence-electron chi connectivity index (χ2n) is 6.51. The molecule has 1 heterocycles. The summed E-state index contributed by atoms with van der Waals surface area (Å²) in [5.74, 6) is 0.804. The number of carbonyl (C=O) groups excluding carboxylic acids is 1. The van der Waals surface area contributed by atoms with Gasteiger partial charge in [0.2, 0.25) is 5.91 Å². The summed E-state index contributed by atoms with van der Waals surface area (Å²) in [6.45, 7) is 1.53. The minimum absolute atomic E-state index is 0.0451. The van der Waals surface area contributed by atoms with Crippen LogP contribution in [-0.2, 0) is 4.79 Å². The average Bonchev–Trinajstić information content (AvgIpc) is 3.04. The lowest BCUT2D eigenvalue weighted by atomic mass is 9.77. The summed E-state index contributed by atoms with van der Waals surface area (Å²) < 4.78 is 0. The molecule has 3 unspecified atom stereocenters. The van der Waals surface area contributed by atoms with Gasteiger partial charge in [0.1, 0.15) is 0 Å². The first-order valence-electron chi connectivity index (χ1n) is 8.22. The van der Waals surface area contributed by atoms with Gasteiger partial charge in [0.25, 0.3) is 0 Å². The van der Waals surface area contributed by atoms with Gasteiger partial charge in [-0.05, 0) is 53.8 Å². The molecule has 0 aromatic heterocycles. The van der Waals surface area contributed by atoms with Crippen molar-refractivity contribution in [3.05, 3.63) is 70.8 Å². The van der Waals surface area contributed by atoms with Crippen molar-refractivity contribution in [2.75, 3.05) is 10.6 Å². The molecule has 1 aliphatic carbocycles. The van der Waals surface area contributed by atoms with Crippen LogP contribution < -0.4 is 10.6 Å². The van der Waals surface area contributed by atoms with E-state index in [0.29, 0.717) is 11.8 Å². The number of allylic oxidation sites excluding steroid dienone is 2. The second kappa shape index (κ2) is 5.99. The van der Waals surface area contributed by atoms with E-state index in [4.69, 9.17) is 11.6 Å². The van der Waals surface area contributed by atoms with E-state index < -0.39 is 0 Å². The van der Waals surface area contributed by atoms with E-state index in [-0.39, 0.29) is 11.9 Å². The summed E-state index contributed by atoms with van der Waals surface area (Å²) in [6.07, 6.45) is 5.61. The van der Waals surface area contributed by atoms with Gasteiger partial charge in [-0.3, -0.25) is 4.79 Å². The molecule has 24 heavy (non-hydrogen) atoms. The summed E-state index contributed by atoms with van der Waals surface area (Å²) in [5, 5.41) is 7.33. The molecule has 4 rings (SSSR count). The van der Waals surface area contributed by atoms with Crippen molar-refractivity contribution in [1.29, 1.82) is 0 Å². The highest BCUT2D eigenvalue weighted by Gasteiger charge is 2.37. The second-order valence-corrected chi connectivity index (χ2v) is 6.95. The number of carbonyl (C=O) groups is 1. The zero-order valence-corrected chi connectivity index (χ0v) is 14.2. The smallest absolute Gasteiger partial charge is 0.221 e. The Morgan fingerprint density at radius 3 is 2.75 bits per heavy atom. The zero-order valence-electron chi connectivity index (χ0n) is 13.4. The molecular formula is C20H19ClN2O. The van der Waals surface area contributed by atoms with Crippen molar-refractivity contribution in [1.82, 2.24) is 0 Å². The van der Waals surface area contributed by atoms with Gasteiger partial charge in [-0.15, -0.1) is 0 Å². The Morgan fingerprint density at radius 1 is 1.21 bits per heavy atom. The van der Waals surface area contributed by atoms with Gasteiger partial charge < -0.3 is 10.6 Å². The molecule has 0 spiro atoms. The molecule has 1 aliphatic heterocycles. The number of benzene rings is 2. The van der Waals surface area contributed by atoms with E-state index in [1.54, 1.807) is 0 Å². The molecule has 0 saturated heterocycles. The summed E-state index contributed by atoms with van der Waals surface area (Å²) in [7, 11) is 0. The van der Waals surface area contributed by atoms with Crippen LogP contribution in [0.5, 0.6) is 0 Å². The number of anilines is 2. The van der Waals surface area contributed by atoms with E-state index in [2.05, 4.69) is 47.1 Å². The lowest BCUT2D eigenvalue weighted by Gasteiger charge is -2.37. The molecule has 0 fully saturated rings. The SMILES string of the molecule is CC(=O)Nc1ccc2c(c1)C1C=CCC1C(c1ccc(Cl)cc1)N2. The molecule has 3 atom stereocenters. The van der Waals surface area contributed by atoms with Crippen LogP contribution in [0.15, 0.2) is 54.6 Å². The Balaban J connectivity index is 1.72. The van der Waals surface area contributed by atoms with Gasteiger partial charge in [0.15, 0.2) is 0 Å². The molecule has 0 bridgehead atoms. The van der Waals surface area contributed by atoms with Crippen LogP contribution in [-0.4, -0.2) is 5.91 Å². The molecule has 2 N–H and O–H groups in total. The maximum Gasteiger partial charge on any atom is 0.221 e. The molecule has 2 aromatic rings. The number of nitrogens with one attached hydrogen (secondary N) is 2. The van der Waals surface area contributed by atoms with Crippen molar-refractivity contribution in [2.45, 2.75) is 25.3 Å². The molecule has 4 heteroatoms. The number of rotatable bonds is 2. The van der Waals surface area contributed by atoms with Crippen molar-refractivity contribution >= 4 is 28.9 Å². The zero-order chi connectivity index (χ0) is 16.7. The van der Waals surface area contributed by atoms with Crippen molar-refractivity contribution < 1.29 is 4.79 Å². The standard InChI is InChI=1S/C20H19ClN2O/c1-12(24)22-15-9-10-19-18(11-15)16-3-2-4-17(16)20(23-19)13-5-7-14(21)8-6-13/h2-3,5-11,16-17,20,23H,4H2,1H3,(H,22,24). The van der Waals surface area contributed by atoms with Crippen molar-refractivity contribution in [3.8, 4) is 0 Å². The first-order chi connectivity index (χ1) is 11.6. The maximum absolute atomic E-state index is 11.3. The third-order valence-corrected chi connectivity index (χ3v) is 5.16. The van der Waals surface area contributed by atoms with Crippen LogP contribution in [0.1, 0.15) is 36.4 Å². The van der Waals surface area contributed by atoms with Gasteiger partial charge in [0, 0.05) is 29.2 Å². The Morgan fingerprint density at radius 2 is 2.00 bits per heavy atom. The number of halogens is 1. The highest BCUT2D eigenvalue weighted by atomic mass is 35.5. The number of fused-ring (bicyclic) bond motifs is 3. The first-order valence-corrected chi connectivity index (χ1v) is 8.60. The normalized spacial score (nSPS) is 24.0. The Labute approximate surface area is 146 Å². The topological polar surface area (TPSA) is 41.1 Å². The highest BCUT2D eigenvalue weighted by molar-refractivity contribution is 6.30. The quantitative estimate of drug-likeness (QED) is 0.746. The molecular weight excluding hydrogens is 320 g/mol. The molecule has 2 aliphatic rings. The fraction of sp³-hybridized carbons (Fsp3) is 0.250.